The van der Waals surface area contributed by atoms with Crippen molar-refractivity contribution in [2.45, 2.75) is 65.0 Å². The first-order valence-electron chi connectivity index (χ1n) is 6.71. The van der Waals surface area contributed by atoms with Crippen LogP contribution in [0.3, 0.4) is 0 Å². The van der Waals surface area contributed by atoms with E-state index in [2.05, 4.69) is 12.2 Å². The molecular weight excluding hydrogens is 216 g/mol. The van der Waals surface area contributed by atoms with Gasteiger partial charge in [-0.3, -0.25) is 9.59 Å². The third kappa shape index (κ3) is 3.72. The Kier molecular flexibility index (Phi) is 5.45. The lowest BCUT2D eigenvalue weighted by Gasteiger charge is -2.34. The summed E-state index contributed by atoms with van der Waals surface area (Å²) in [5.41, 5.74) is 0. The summed E-state index contributed by atoms with van der Waals surface area (Å²) in [6, 6.07) is 0.315. The molecule has 0 radical (unpaired) electrons. The third-order valence-electron chi connectivity index (χ3n) is 3.54. The van der Waals surface area contributed by atoms with Crippen LogP contribution in [-0.2, 0) is 9.59 Å². The molecule has 1 fully saturated rings. The molecule has 2 unspecified atom stereocenters. The van der Waals surface area contributed by atoms with Crippen molar-refractivity contribution in [3.05, 3.63) is 0 Å². The molecule has 1 N–H and O–H groups in total. The number of nitrogens with zero attached hydrogens (tertiary/aromatic N) is 1. The average Bonchev–Trinajstić information content (AvgIpc) is 2.37. The summed E-state index contributed by atoms with van der Waals surface area (Å²) in [4.78, 5) is 25.6. The predicted molar refractivity (Wildman–Crippen MR) is 67.5 cm³/mol. The number of rotatable bonds is 3. The monoisotopic (exact) mass is 240 g/mol. The first kappa shape index (κ1) is 14.0. The zero-order valence-electron chi connectivity index (χ0n) is 11.2. The Morgan fingerprint density at radius 2 is 2.06 bits per heavy atom. The summed E-state index contributed by atoms with van der Waals surface area (Å²) in [5, 5.41) is 2.74. The van der Waals surface area contributed by atoms with E-state index >= 15 is 0 Å². The van der Waals surface area contributed by atoms with Gasteiger partial charge < -0.3 is 10.2 Å². The molecular formula is C13H24N2O2. The van der Waals surface area contributed by atoms with E-state index in [9.17, 15) is 9.59 Å². The van der Waals surface area contributed by atoms with Crippen LogP contribution in [0.25, 0.3) is 0 Å². The van der Waals surface area contributed by atoms with Crippen molar-refractivity contribution in [1.82, 2.24) is 10.2 Å². The summed E-state index contributed by atoms with van der Waals surface area (Å²) in [6.45, 7) is 6.71. The van der Waals surface area contributed by atoms with Crippen LogP contribution < -0.4 is 5.32 Å². The van der Waals surface area contributed by atoms with Gasteiger partial charge in [0, 0.05) is 18.6 Å². The van der Waals surface area contributed by atoms with E-state index in [0.29, 0.717) is 0 Å². The summed E-state index contributed by atoms with van der Waals surface area (Å²) in [7, 11) is 0. The molecule has 0 aromatic heterocycles. The molecule has 1 heterocycles. The molecule has 1 rings (SSSR count). The third-order valence-corrected chi connectivity index (χ3v) is 3.54. The van der Waals surface area contributed by atoms with Gasteiger partial charge in [0.25, 0.3) is 0 Å². The molecule has 2 atom stereocenters. The lowest BCUT2D eigenvalue weighted by atomic mass is 10.00. The highest BCUT2D eigenvalue weighted by Gasteiger charge is 2.29. The lowest BCUT2D eigenvalue weighted by molar-refractivity contribution is -0.148. The normalized spacial score (nSPS) is 22.1. The minimum Gasteiger partial charge on any atom is -0.345 e. The van der Waals surface area contributed by atoms with Gasteiger partial charge in [0.15, 0.2) is 0 Å². The highest BCUT2D eigenvalue weighted by molar-refractivity contribution is 6.35. The SMILES string of the molecule is CCC(C)NC(=O)C(=O)N1CCCCC1CC. The van der Waals surface area contributed by atoms with E-state index in [4.69, 9.17) is 0 Å². The first-order valence-corrected chi connectivity index (χ1v) is 6.71. The number of piperidine rings is 1. The Labute approximate surface area is 104 Å². The standard InChI is InChI=1S/C13H24N2O2/c1-4-10(3)14-12(16)13(17)15-9-7-6-8-11(15)5-2/h10-11H,4-9H2,1-3H3,(H,14,16). The highest BCUT2D eigenvalue weighted by atomic mass is 16.2. The van der Waals surface area contributed by atoms with Gasteiger partial charge in [0.2, 0.25) is 0 Å². The second-order valence-corrected chi connectivity index (χ2v) is 4.84. The van der Waals surface area contributed by atoms with Gasteiger partial charge in [-0.2, -0.15) is 0 Å². The molecule has 0 aliphatic carbocycles. The van der Waals surface area contributed by atoms with Crippen LogP contribution in [0, 0.1) is 0 Å². The molecule has 0 aromatic rings. The van der Waals surface area contributed by atoms with Crippen LogP contribution >= 0.6 is 0 Å². The van der Waals surface area contributed by atoms with Crippen LogP contribution in [0.2, 0.25) is 0 Å². The van der Waals surface area contributed by atoms with E-state index < -0.39 is 5.91 Å². The van der Waals surface area contributed by atoms with Crippen LogP contribution in [0.4, 0.5) is 0 Å². The number of hydrogen-bond acceptors (Lipinski definition) is 2. The summed E-state index contributed by atoms with van der Waals surface area (Å²) < 4.78 is 0. The Bertz CT molecular complexity index is 279. The first-order chi connectivity index (χ1) is 8.10. The number of amides is 2. The summed E-state index contributed by atoms with van der Waals surface area (Å²) >= 11 is 0. The van der Waals surface area contributed by atoms with Crippen molar-refractivity contribution in [2.24, 2.45) is 0 Å². The van der Waals surface area contributed by atoms with Crippen molar-refractivity contribution in [3.63, 3.8) is 0 Å². The number of carbonyl (C=O) groups excluding carboxylic acids is 2. The van der Waals surface area contributed by atoms with E-state index in [1.165, 1.54) is 0 Å². The van der Waals surface area contributed by atoms with Gasteiger partial charge >= 0.3 is 11.8 Å². The van der Waals surface area contributed by atoms with Gasteiger partial charge in [-0.05, 0) is 39.0 Å². The molecule has 1 aliphatic heterocycles. The average molecular weight is 240 g/mol. The fraction of sp³-hybridized carbons (Fsp3) is 0.846. The lowest BCUT2D eigenvalue weighted by Crippen LogP contribution is -2.51. The molecule has 2 amide bonds. The molecule has 0 saturated carbocycles. The Hall–Kier alpha value is -1.06. The van der Waals surface area contributed by atoms with Crippen molar-refractivity contribution in [3.8, 4) is 0 Å². The van der Waals surface area contributed by atoms with Crippen LogP contribution in [0.1, 0.15) is 52.9 Å². The molecule has 1 saturated heterocycles. The predicted octanol–water partition coefficient (Wildman–Crippen LogP) is 1.69. The van der Waals surface area contributed by atoms with Gasteiger partial charge in [-0.15, -0.1) is 0 Å². The fourth-order valence-corrected chi connectivity index (χ4v) is 2.21. The number of carbonyl (C=O) groups is 2. The van der Waals surface area contributed by atoms with Crippen molar-refractivity contribution in [2.75, 3.05) is 6.54 Å². The summed E-state index contributed by atoms with van der Waals surface area (Å²) in [6.07, 6.45) is 4.98. The maximum Gasteiger partial charge on any atom is 0.312 e. The zero-order chi connectivity index (χ0) is 12.8. The van der Waals surface area contributed by atoms with E-state index in [1.807, 2.05) is 13.8 Å². The van der Waals surface area contributed by atoms with Gasteiger partial charge in [0.1, 0.15) is 0 Å². The maximum absolute atomic E-state index is 12.0. The van der Waals surface area contributed by atoms with E-state index in [-0.39, 0.29) is 18.0 Å². The molecule has 0 bridgehead atoms. The zero-order valence-corrected chi connectivity index (χ0v) is 11.2. The fourth-order valence-electron chi connectivity index (χ4n) is 2.21. The highest BCUT2D eigenvalue weighted by Crippen LogP contribution is 2.19. The molecule has 4 nitrogen and oxygen atoms in total. The number of hydrogen-bond donors (Lipinski definition) is 1. The van der Waals surface area contributed by atoms with Crippen molar-refractivity contribution < 1.29 is 9.59 Å². The van der Waals surface area contributed by atoms with Gasteiger partial charge in [-0.25, -0.2) is 0 Å². The van der Waals surface area contributed by atoms with Crippen LogP contribution in [-0.4, -0.2) is 35.3 Å². The van der Waals surface area contributed by atoms with Crippen molar-refractivity contribution >= 4 is 11.8 Å². The minimum absolute atomic E-state index is 0.0660. The molecule has 1 aliphatic rings. The second kappa shape index (κ2) is 6.62. The minimum atomic E-state index is -0.445. The second-order valence-electron chi connectivity index (χ2n) is 4.84. The Balaban J connectivity index is 2.57. The summed E-state index contributed by atoms with van der Waals surface area (Å²) in [5.74, 6) is -0.795. The molecule has 17 heavy (non-hydrogen) atoms. The van der Waals surface area contributed by atoms with Gasteiger partial charge in [0.05, 0.1) is 0 Å². The van der Waals surface area contributed by atoms with Gasteiger partial charge in [-0.1, -0.05) is 13.8 Å². The molecule has 0 spiro atoms. The smallest absolute Gasteiger partial charge is 0.312 e. The molecule has 4 heteroatoms. The molecule has 0 aromatic carbocycles. The quantitative estimate of drug-likeness (QED) is 0.763. The Morgan fingerprint density at radius 3 is 2.65 bits per heavy atom. The molecule has 98 valence electrons. The van der Waals surface area contributed by atoms with Crippen molar-refractivity contribution in [1.29, 1.82) is 0 Å². The maximum atomic E-state index is 12.0. The number of nitrogens with one attached hydrogen (secondary N) is 1. The largest absolute Gasteiger partial charge is 0.345 e. The van der Waals surface area contributed by atoms with Crippen LogP contribution in [0.15, 0.2) is 0 Å². The van der Waals surface area contributed by atoms with Crippen LogP contribution in [0.5, 0.6) is 0 Å². The van der Waals surface area contributed by atoms with E-state index in [0.717, 1.165) is 38.6 Å². The topological polar surface area (TPSA) is 49.4 Å². The number of likely N-dealkylation sites (tertiary alicyclic amines) is 1. The Morgan fingerprint density at radius 1 is 1.35 bits per heavy atom. The van der Waals surface area contributed by atoms with E-state index in [1.54, 1.807) is 4.90 Å².